The number of hydrogen-bond donors (Lipinski definition) is 0. The van der Waals surface area contributed by atoms with Gasteiger partial charge in [-0.2, -0.15) is 0 Å². The van der Waals surface area contributed by atoms with Crippen molar-refractivity contribution in [3.8, 4) is 0 Å². The highest BCUT2D eigenvalue weighted by Crippen LogP contribution is 2.20. The van der Waals surface area contributed by atoms with Crippen LogP contribution < -0.4 is 0 Å². The standard InChI is InChI=1S/C12H15ClO/c1-8(2)6-12(14)10-5-4-9(3)7-11(10)13/h4-5,7-8H,6H2,1-3H3. The third-order valence-electron chi connectivity index (χ3n) is 2.02. The first kappa shape index (κ1) is 11.3. The van der Waals surface area contributed by atoms with Gasteiger partial charge < -0.3 is 0 Å². The van der Waals surface area contributed by atoms with E-state index >= 15 is 0 Å². The van der Waals surface area contributed by atoms with Gasteiger partial charge in [0.15, 0.2) is 5.78 Å². The summed E-state index contributed by atoms with van der Waals surface area (Å²) >= 11 is 5.99. The van der Waals surface area contributed by atoms with Crippen LogP contribution in [0.15, 0.2) is 18.2 Å². The molecule has 1 nitrogen and oxygen atoms in total. The van der Waals surface area contributed by atoms with E-state index in [-0.39, 0.29) is 5.78 Å². The second kappa shape index (κ2) is 4.61. The molecule has 0 spiro atoms. The Morgan fingerprint density at radius 2 is 2.07 bits per heavy atom. The van der Waals surface area contributed by atoms with E-state index in [1.54, 1.807) is 0 Å². The smallest absolute Gasteiger partial charge is 0.164 e. The van der Waals surface area contributed by atoms with Gasteiger partial charge in [-0.05, 0) is 30.5 Å². The highest BCUT2D eigenvalue weighted by atomic mass is 35.5. The Hall–Kier alpha value is -0.820. The number of rotatable bonds is 3. The lowest BCUT2D eigenvalue weighted by Crippen LogP contribution is -2.04. The average molecular weight is 211 g/mol. The summed E-state index contributed by atoms with van der Waals surface area (Å²) in [5.41, 5.74) is 1.72. The van der Waals surface area contributed by atoms with Gasteiger partial charge in [0, 0.05) is 12.0 Å². The molecule has 1 aromatic carbocycles. The zero-order valence-corrected chi connectivity index (χ0v) is 9.56. The summed E-state index contributed by atoms with van der Waals surface area (Å²) in [4.78, 5) is 11.7. The van der Waals surface area contributed by atoms with Crippen LogP contribution in [0.3, 0.4) is 0 Å². The Balaban J connectivity index is 2.90. The third-order valence-corrected chi connectivity index (χ3v) is 2.33. The maximum atomic E-state index is 11.7. The van der Waals surface area contributed by atoms with Crippen molar-refractivity contribution in [1.82, 2.24) is 0 Å². The molecule has 2 heteroatoms. The van der Waals surface area contributed by atoms with Gasteiger partial charge in [0.05, 0.1) is 5.02 Å². The van der Waals surface area contributed by atoms with Crippen molar-refractivity contribution in [3.05, 3.63) is 34.3 Å². The zero-order chi connectivity index (χ0) is 10.7. The van der Waals surface area contributed by atoms with E-state index in [0.29, 0.717) is 22.9 Å². The van der Waals surface area contributed by atoms with Gasteiger partial charge in [0.1, 0.15) is 0 Å². The normalized spacial score (nSPS) is 10.6. The van der Waals surface area contributed by atoms with Gasteiger partial charge in [-0.3, -0.25) is 4.79 Å². The van der Waals surface area contributed by atoms with E-state index in [9.17, 15) is 4.79 Å². The summed E-state index contributed by atoms with van der Waals surface area (Å²) in [6, 6.07) is 5.55. The molecule has 0 saturated carbocycles. The van der Waals surface area contributed by atoms with Crippen molar-refractivity contribution in [2.45, 2.75) is 27.2 Å². The van der Waals surface area contributed by atoms with Crippen LogP contribution in [-0.4, -0.2) is 5.78 Å². The summed E-state index contributed by atoms with van der Waals surface area (Å²) in [5.74, 6) is 0.505. The first-order valence-electron chi connectivity index (χ1n) is 4.80. The minimum Gasteiger partial charge on any atom is -0.294 e. The fraction of sp³-hybridized carbons (Fsp3) is 0.417. The lowest BCUT2D eigenvalue weighted by molar-refractivity contribution is 0.0968. The van der Waals surface area contributed by atoms with Crippen LogP contribution in [0.25, 0.3) is 0 Å². The molecule has 14 heavy (non-hydrogen) atoms. The van der Waals surface area contributed by atoms with Crippen molar-refractivity contribution in [2.24, 2.45) is 5.92 Å². The molecule has 1 aromatic rings. The van der Waals surface area contributed by atoms with Crippen LogP contribution in [0, 0.1) is 12.8 Å². The van der Waals surface area contributed by atoms with Gasteiger partial charge in [-0.15, -0.1) is 0 Å². The summed E-state index contributed by atoms with van der Waals surface area (Å²) in [6.07, 6.45) is 0.558. The number of carbonyl (C=O) groups excluding carboxylic acids is 1. The maximum absolute atomic E-state index is 11.7. The lowest BCUT2D eigenvalue weighted by Gasteiger charge is -2.06. The van der Waals surface area contributed by atoms with Crippen LogP contribution in [-0.2, 0) is 0 Å². The number of ketones is 1. The number of aryl methyl sites for hydroxylation is 1. The van der Waals surface area contributed by atoms with Crippen molar-refractivity contribution in [1.29, 1.82) is 0 Å². The largest absolute Gasteiger partial charge is 0.294 e. The molecule has 0 saturated heterocycles. The molecule has 0 atom stereocenters. The van der Waals surface area contributed by atoms with Crippen LogP contribution in [0.4, 0.5) is 0 Å². The number of carbonyl (C=O) groups is 1. The molecule has 0 radical (unpaired) electrons. The number of benzene rings is 1. The van der Waals surface area contributed by atoms with E-state index in [4.69, 9.17) is 11.6 Å². The molecular weight excluding hydrogens is 196 g/mol. The van der Waals surface area contributed by atoms with Gasteiger partial charge in [0.2, 0.25) is 0 Å². The average Bonchev–Trinajstić information content (AvgIpc) is 2.01. The fourth-order valence-electron chi connectivity index (χ4n) is 1.33. The Morgan fingerprint density at radius 3 is 2.57 bits per heavy atom. The molecule has 76 valence electrons. The van der Waals surface area contributed by atoms with Crippen molar-refractivity contribution in [3.63, 3.8) is 0 Å². The van der Waals surface area contributed by atoms with E-state index in [1.807, 2.05) is 39.0 Å². The van der Waals surface area contributed by atoms with Crippen LogP contribution in [0.5, 0.6) is 0 Å². The van der Waals surface area contributed by atoms with Gasteiger partial charge in [-0.25, -0.2) is 0 Å². The predicted molar refractivity (Wildman–Crippen MR) is 60.0 cm³/mol. The Morgan fingerprint density at radius 1 is 1.43 bits per heavy atom. The fourth-order valence-corrected chi connectivity index (χ4v) is 1.67. The first-order valence-corrected chi connectivity index (χ1v) is 5.18. The molecule has 0 aliphatic heterocycles. The minimum atomic E-state index is 0.130. The molecule has 1 rings (SSSR count). The van der Waals surface area contributed by atoms with Crippen molar-refractivity contribution >= 4 is 17.4 Å². The second-order valence-corrected chi connectivity index (χ2v) is 4.41. The summed E-state index contributed by atoms with van der Waals surface area (Å²) < 4.78 is 0. The van der Waals surface area contributed by atoms with E-state index in [1.165, 1.54) is 0 Å². The Kier molecular flexibility index (Phi) is 3.70. The highest BCUT2D eigenvalue weighted by Gasteiger charge is 2.11. The first-order chi connectivity index (χ1) is 6.50. The summed E-state index contributed by atoms with van der Waals surface area (Å²) in [5, 5.41) is 0.565. The molecule has 0 aliphatic carbocycles. The van der Waals surface area contributed by atoms with E-state index in [0.717, 1.165) is 5.56 Å². The van der Waals surface area contributed by atoms with Crippen molar-refractivity contribution in [2.75, 3.05) is 0 Å². The Labute approximate surface area is 90.1 Å². The zero-order valence-electron chi connectivity index (χ0n) is 8.80. The predicted octanol–water partition coefficient (Wildman–Crippen LogP) is 3.88. The minimum absolute atomic E-state index is 0.130. The molecule has 0 amide bonds. The maximum Gasteiger partial charge on any atom is 0.164 e. The third kappa shape index (κ3) is 2.85. The molecule has 0 heterocycles. The van der Waals surface area contributed by atoms with Crippen LogP contribution in [0.2, 0.25) is 5.02 Å². The van der Waals surface area contributed by atoms with Crippen LogP contribution in [0.1, 0.15) is 36.2 Å². The topological polar surface area (TPSA) is 17.1 Å². The molecule has 0 bridgehead atoms. The molecule has 0 aliphatic rings. The lowest BCUT2D eigenvalue weighted by atomic mass is 10.0. The SMILES string of the molecule is Cc1ccc(C(=O)CC(C)C)c(Cl)c1. The van der Waals surface area contributed by atoms with Gasteiger partial charge in [0.25, 0.3) is 0 Å². The molecule has 0 N–H and O–H groups in total. The summed E-state index contributed by atoms with van der Waals surface area (Å²) in [7, 11) is 0. The van der Waals surface area contributed by atoms with Crippen LogP contribution >= 0.6 is 11.6 Å². The second-order valence-electron chi connectivity index (χ2n) is 4.00. The van der Waals surface area contributed by atoms with Gasteiger partial charge in [-0.1, -0.05) is 31.5 Å². The highest BCUT2D eigenvalue weighted by molar-refractivity contribution is 6.34. The monoisotopic (exact) mass is 210 g/mol. The Bertz CT molecular complexity index is 342. The number of halogens is 1. The molecule has 0 unspecified atom stereocenters. The summed E-state index contributed by atoms with van der Waals surface area (Å²) in [6.45, 7) is 6.02. The molecule has 0 aromatic heterocycles. The van der Waals surface area contributed by atoms with Crippen molar-refractivity contribution < 1.29 is 4.79 Å². The molecule has 0 fully saturated rings. The van der Waals surface area contributed by atoms with E-state index < -0.39 is 0 Å². The molecular formula is C12H15ClO. The quantitative estimate of drug-likeness (QED) is 0.692. The number of Topliss-reactive ketones (excluding diaryl/α,β-unsaturated/α-hetero) is 1. The number of hydrogen-bond acceptors (Lipinski definition) is 1. The van der Waals surface area contributed by atoms with E-state index in [2.05, 4.69) is 0 Å². The van der Waals surface area contributed by atoms with Gasteiger partial charge >= 0.3 is 0 Å².